The fraction of sp³-hybridized carbons (Fsp3) is 0.524. The lowest BCUT2D eigenvalue weighted by molar-refractivity contribution is 0.0618. The number of carbonyl (C=O) groups excluding carboxylic acids is 1. The van der Waals surface area contributed by atoms with Crippen molar-refractivity contribution in [3.05, 3.63) is 40.8 Å². The Morgan fingerprint density at radius 2 is 2.06 bits per heavy atom. The standard InChI is InChI=1S/C21H29N3O6S/c1-14-18(15(2)30-23-14)13-29-19-9-8-16(11-20(19)28-3)21(25)24-10-6-5-7-17(24)12-22-31(4,26)27/h8-9,11,17,22H,5-7,10,12-13H2,1-4H3. The molecular weight excluding hydrogens is 422 g/mol. The second-order valence-corrected chi connectivity index (χ2v) is 9.56. The Morgan fingerprint density at radius 1 is 1.29 bits per heavy atom. The van der Waals surface area contributed by atoms with E-state index in [2.05, 4.69) is 9.88 Å². The minimum absolute atomic E-state index is 0.157. The van der Waals surface area contributed by atoms with E-state index in [1.165, 1.54) is 7.11 Å². The number of nitrogens with one attached hydrogen (secondary N) is 1. The molecule has 2 aromatic rings. The molecule has 1 amide bonds. The highest BCUT2D eigenvalue weighted by molar-refractivity contribution is 7.88. The summed E-state index contributed by atoms with van der Waals surface area (Å²) in [5, 5.41) is 3.92. The number of sulfonamides is 1. The molecular formula is C21H29N3O6S. The van der Waals surface area contributed by atoms with Gasteiger partial charge in [0, 0.05) is 24.7 Å². The van der Waals surface area contributed by atoms with Crippen molar-refractivity contribution in [3.63, 3.8) is 0 Å². The summed E-state index contributed by atoms with van der Waals surface area (Å²) in [6.45, 7) is 4.74. The molecule has 1 saturated heterocycles. The normalized spacial score (nSPS) is 16.9. The number of methoxy groups -OCH3 is 1. The smallest absolute Gasteiger partial charge is 0.254 e. The van der Waals surface area contributed by atoms with Crippen LogP contribution in [0.2, 0.25) is 0 Å². The molecule has 1 N–H and O–H groups in total. The first-order valence-electron chi connectivity index (χ1n) is 10.2. The lowest BCUT2D eigenvalue weighted by Gasteiger charge is -2.36. The molecule has 2 heterocycles. The molecule has 1 aromatic carbocycles. The summed E-state index contributed by atoms with van der Waals surface area (Å²) in [6, 6.07) is 4.87. The van der Waals surface area contributed by atoms with Crippen molar-refractivity contribution in [2.24, 2.45) is 0 Å². The molecule has 0 aliphatic carbocycles. The molecule has 9 nitrogen and oxygen atoms in total. The average molecular weight is 452 g/mol. The summed E-state index contributed by atoms with van der Waals surface area (Å²) in [5.74, 6) is 1.49. The van der Waals surface area contributed by atoms with Crippen LogP contribution >= 0.6 is 0 Å². The first-order chi connectivity index (χ1) is 14.7. The van der Waals surface area contributed by atoms with Crippen LogP contribution in [0.15, 0.2) is 22.7 Å². The van der Waals surface area contributed by atoms with E-state index in [9.17, 15) is 13.2 Å². The van der Waals surface area contributed by atoms with Crippen LogP contribution in [0, 0.1) is 13.8 Å². The van der Waals surface area contributed by atoms with Crippen molar-refractivity contribution in [3.8, 4) is 11.5 Å². The van der Waals surface area contributed by atoms with Crippen molar-refractivity contribution in [1.29, 1.82) is 0 Å². The van der Waals surface area contributed by atoms with Crippen LogP contribution in [-0.2, 0) is 16.6 Å². The zero-order chi connectivity index (χ0) is 22.6. The van der Waals surface area contributed by atoms with E-state index in [1.807, 2.05) is 13.8 Å². The Hall–Kier alpha value is -2.59. The molecule has 0 radical (unpaired) electrons. The minimum atomic E-state index is -3.32. The van der Waals surface area contributed by atoms with E-state index in [4.69, 9.17) is 14.0 Å². The summed E-state index contributed by atoms with van der Waals surface area (Å²) < 4.78 is 42.0. The second-order valence-electron chi connectivity index (χ2n) is 7.73. The van der Waals surface area contributed by atoms with Gasteiger partial charge in [-0.05, 0) is 51.3 Å². The fourth-order valence-corrected chi connectivity index (χ4v) is 4.17. The maximum atomic E-state index is 13.2. The molecule has 3 rings (SSSR count). The predicted octanol–water partition coefficient (Wildman–Crippen LogP) is 2.42. The van der Waals surface area contributed by atoms with Gasteiger partial charge in [0.1, 0.15) is 12.4 Å². The average Bonchev–Trinajstić information content (AvgIpc) is 3.07. The highest BCUT2D eigenvalue weighted by Crippen LogP contribution is 2.31. The maximum absolute atomic E-state index is 13.2. The van der Waals surface area contributed by atoms with Gasteiger partial charge >= 0.3 is 0 Å². The molecule has 0 bridgehead atoms. The summed E-state index contributed by atoms with van der Waals surface area (Å²) in [6.07, 6.45) is 3.72. The third-order valence-electron chi connectivity index (χ3n) is 5.43. The number of aromatic nitrogens is 1. The number of hydrogen-bond acceptors (Lipinski definition) is 7. The Kier molecular flexibility index (Phi) is 7.22. The van der Waals surface area contributed by atoms with Crippen LogP contribution in [0.1, 0.15) is 46.6 Å². The molecule has 31 heavy (non-hydrogen) atoms. The third-order valence-corrected chi connectivity index (χ3v) is 6.12. The number of benzene rings is 1. The highest BCUT2D eigenvalue weighted by atomic mass is 32.2. The van der Waals surface area contributed by atoms with Crippen LogP contribution in [0.5, 0.6) is 11.5 Å². The quantitative estimate of drug-likeness (QED) is 0.656. The van der Waals surface area contributed by atoms with Gasteiger partial charge in [0.25, 0.3) is 5.91 Å². The number of piperidine rings is 1. The molecule has 1 aliphatic heterocycles. The Bertz CT molecular complexity index is 1010. The lowest BCUT2D eigenvalue weighted by Crippen LogP contribution is -2.49. The number of amides is 1. The number of likely N-dealkylation sites (tertiary alicyclic amines) is 1. The van der Waals surface area contributed by atoms with E-state index >= 15 is 0 Å². The van der Waals surface area contributed by atoms with Gasteiger partial charge in [-0.2, -0.15) is 0 Å². The van der Waals surface area contributed by atoms with Crippen molar-refractivity contribution >= 4 is 15.9 Å². The van der Waals surface area contributed by atoms with E-state index in [0.29, 0.717) is 29.4 Å². The molecule has 1 aromatic heterocycles. The SMILES string of the molecule is COc1cc(C(=O)N2CCCCC2CNS(C)(=O)=O)ccc1OCc1c(C)noc1C. The van der Waals surface area contributed by atoms with E-state index < -0.39 is 10.0 Å². The summed E-state index contributed by atoms with van der Waals surface area (Å²) in [7, 11) is -1.80. The predicted molar refractivity (Wildman–Crippen MR) is 115 cm³/mol. The number of rotatable bonds is 8. The van der Waals surface area contributed by atoms with Crippen LogP contribution in [-0.4, -0.2) is 56.9 Å². The molecule has 10 heteroatoms. The molecule has 1 unspecified atom stereocenters. The van der Waals surface area contributed by atoms with Crippen molar-refractivity contribution in [2.45, 2.75) is 45.8 Å². The minimum Gasteiger partial charge on any atom is -0.493 e. The number of hydrogen-bond donors (Lipinski definition) is 1. The van der Waals surface area contributed by atoms with E-state index in [1.54, 1.807) is 23.1 Å². The fourth-order valence-electron chi connectivity index (χ4n) is 3.67. The Balaban J connectivity index is 1.74. The molecule has 0 spiro atoms. The largest absolute Gasteiger partial charge is 0.493 e. The van der Waals surface area contributed by atoms with Crippen molar-refractivity contribution < 1.29 is 27.2 Å². The molecule has 1 aliphatic rings. The monoisotopic (exact) mass is 451 g/mol. The van der Waals surface area contributed by atoms with Gasteiger partial charge in [0.15, 0.2) is 11.5 Å². The van der Waals surface area contributed by atoms with Gasteiger partial charge in [-0.25, -0.2) is 13.1 Å². The zero-order valence-electron chi connectivity index (χ0n) is 18.3. The van der Waals surface area contributed by atoms with Crippen molar-refractivity contribution in [1.82, 2.24) is 14.8 Å². The van der Waals surface area contributed by atoms with Gasteiger partial charge in [0.05, 0.1) is 24.6 Å². The lowest BCUT2D eigenvalue weighted by atomic mass is 10.0. The molecule has 170 valence electrons. The van der Waals surface area contributed by atoms with Gasteiger partial charge in [-0.1, -0.05) is 5.16 Å². The van der Waals surface area contributed by atoms with Gasteiger partial charge < -0.3 is 18.9 Å². The van der Waals surface area contributed by atoms with Gasteiger partial charge in [-0.3, -0.25) is 4.79 Å². The second kappa shape index (κ2) is 9.69. The van der Waals surface area contributed by atoms with Gasteiger partial charge in [0.2, 0.25) is 10.0 Å². The zero-order valence-corrected chi connectivity index (χ0v) is 19.1. The van der Waals surface area contributed by atoms with Crippen LogP contribution in [0.25, 0.3) is 0 Å². The van der Waals surface area contributed by atoms with Crippen molar-refractivity contribution in [2.75, 3.05) is 26.5 Å². The first-order valence-corrected chi connectivity index (χ1v) is 12.1. The first kappa shape index (κ1) is 23.1. The van der Waals surface area contributed by atoms with E-state index in [-0.39, 0.29) is 25.1 Å². The molecule has 1 fully saturated rings. The number of ether oxygens (including phenoxy) is 2. The summed E-state index contributed by atoms with van der Waals surface area (Å²) in [4.78, 5) is 14.9. The number of aryl methyl sites for hydroxylation is 2. The van der Waals surface area contributed by atoms with Gasteiger partial charge in [-0.15, -0.1) is 0 Å². The molecule has 0 saturated carbocycles. The highest BCUT2D eigenvalue weighted by Gasteiger charge is 2.28. The number of carbonyl (C=O) groups is 1. The van der Waals surface area contributed by atoms with E-state index in [0.717, 1.165) is 36.8 Å². The summed E-state index contributed by atoms with van der Waals surface area (Å²) >= 11 is 0. The van der Waals surface area contributed by atoms with Crippen LogP contribution in [0.4, 0.5) is 0 Å². The van der Waals surface area contributed by atoms with Crippen LogP contribution < -0.4 is 14.2 Å². The summed E-state index contributed by atoms with van der Waals surface area (Å²) in [5.41, 5.74) is 2.10. The Labute approximate surface area is 182 Å². The molecule has 1 atom stereocenters. The number of nitrogens with zero attached hydrogens (tertiary/aromatic N) is 2. The maximum Gasteiger partial charge on any atom is 0.254 e. The topological polar surface area (TPSA) is 111 Å². The third kappa shape index (κ3) is 5.76. The van der Waals surface area contributed by atoms with Crippen LogP contribution in [0.3, 0.4) is 0 Å². The Morgan fingerprint density at radius 3 is 2.71 bits per heavy atom.